The molecule has 0 atom stereocenters. The van der Waals surface area contributed by atoms with Crippen LogP contribution in [0.1, 0.15) is 10.6 Å². The predicted molar refractivity (Wildman–Crippen MR) is 74.2 cm³/mol. The second kappa shape index (κ2) is 5.49. The third kappa shape index (κ3) is 3.18. The molecule has 2 aromatic rings. The monoisotopic (exact) mass is 344 g/mol. The van der Waals surface area contributed by atoms with Gasteiger partial charge in [0.15, 0.2) is 5.01 Å². The molecule has 0 bridgehead atoms. The van der Waals surface area contributed by atoms with Gasteiger partial charge in [0.25, 0.3) is 0 Å². The van der Waals surface area contributed by atoms with Gasteiger partial charge in [-0.25, -0.2) is 0 Å². The van der Waals surface area contributed by atoms with E-state index in [1.807, 2.05) is 0 Å². The van der Waals surface area contributed by atoms with Gasteiger partial charge in [-0.05, 0) is 18.6 Å². The maximum Gasteiger partial charge on any atom is 0.312 e. The summed E-state index contributed by atoms with van der Waals surface area (Å²) in [5.41, 5.74) is 6.02. The van der Waals surface area contributed by atoms with Gasteiger partial charge < -0.3 is 10.5 Å². The minimum Gasteiger partial charge on any atom is -0.479 e. The molecule has 1 aromatic heterocycles. The summed E-state index contributed by atoms with van der Waals surface area (Å²) in [6, 6.07) is 3.15. The Hall–Kier alpha value is -1.74. The summed E-state index contributed by atoms with van der Waals surface area (Å²) in [5, 5.41) is 19.3. The molecule has 100 valence electrons. The van der Waals surface area contributed by atoms with Crippen molar-refractivity contribution in [3.05, 3.63) is 37.3 Å². The summed E-state index contributed by atoms with van der Waals surface area (Å²) in [6.07, 6.45) is 0. The molecule has 0 aliphatic carbocycles. The van der Waals surface area contributed by atoms with Gasteiger partial charge in [-0.15, -0.1) is 10.2 Å². The first-order valence-electron chi connectivity index (χ1n) is 5.12. The summed E-state index contributed by atoms with van der Waals surface area (Å²) >= 11 is 4.40. The molecule has 0 amide bonds. The molecule has 1 heterocycles. The summed E-state index contributed by atoms with van der Waals surface area (Å²) in [7, 11) is 0. The second-order valence-corrected chi connectivity index (χ2v) is 5.66. The zero-order valence-corrected chi connectivity index (χ0v) is 12.2. The second-order valence-electron chi connectivity index (χ2n) is 3.65. The summed E-state index contributed by atoms with van der Waals surface area (Å²) < 4.78 is 6.10. The Morgan fingerprint density at radius 3 is 2.84 bits per heavy atom. The first-order chi connectivity index (χ1) is 8.97. The van der Waals surface area contributed by atoms with Crippen LogP contribution in [0.3, 0.4) is 0 Å². The number of hydrogen-bond acceptors (Lipinski definition) is 7. The molecule has 0 fully saturated rings. The molecule has 0 saturated carbocycles. The molecule has 0 radical (unpaired) electrons. The Labute approximate surface area is 120 Å². The van der Waals surface area contributed by atoms with Gasteiger partial charge in [0.2, 0.25) is 10.9 Å². The van der Waals surface area contributed by atoms with Gasteiger partial charge in [-0.3, -0.25) is 10.1 Å². The number of hydrogen-bond donors (Lipinski definition) is 1. The van der Waals surface area contributed by atoms with Gasteiger partial charge in [0.05, 0.1) is 4.92 Å². The van der Waals surface area contributed by atoms with Crippen LogP contribution in [0, 0.1) is 17.0 Å². The number of nitro groups is 1. The normalized spacial score (nSPS) is 10.4. The largest absolute Gasteiger partial charge is 0.479 e. The molecule has 7 nitrogen and oxygen atoms in total. The fourth-order valence-corrected chi connectivity index (χ4v) is 2.58. The molecule has 2 rings (SSSR count). The van der Waals surface area contributed by atoms with Gasteiger partial charge in [-0.1, -0.05) is 27.3 Å². The number of benzene rings is 1. The summed E-state index contributed by atoms with van der Waals surface area (Å²) in [5.74, 6) is 0.224. The molecule has 0 spiro atoms. The lowest BCUT2D eigenvalue weighted by Crippen LogP contribution is -2.01. The Balaban J connectivity index is 2.26. The van der Waals surface area contributed by atoms with E-state index in [4.69, 9.17) is 10.5 Å². The van der Waals surface area contributed by atoms with Crippen molar-refractivity contribution in [1.82, 2.24) is 10.2 Å². The van der Waals surface area contributed by atoms with E-state index in [-0.39, 0.29) is 18.0 Å². The Bertz CT molecular complexity index is 631. The van der Waals surface area contributed by atoms with E-state index in [1.165, 1.54) is 17.4 Å². The lowest BCUT2D eigenvalue weighted by molar-refractivity contribution is -0.386. The lowest BCUT2D eigenvalue weighted by atomic mass is 10.2. The number of nitrogens with two attached hydrogens (primary N) is 1. The third-order valence-electron chi connectivity index (χ3n) is 2.24. The minimum atomic E-state index is -0.485. The van der Waals surface area contributed by atoms with Crippen molar-refractivity contribution < 1.29 is 9.66 Å². The number of ether oxygens (including phenoxy) is 1. The highest BCUT2D eigenvalue weighted by Crippen LogP contribution is 2.34. The van der Waals surface area contributed by atoms with E-state index in [0.717, 1.165) is 0 Å². The fraction of sp³-hybridized carbons (Fsp3) is 0.200. The Morgan fingerprint density at radius 2 is 2.26 bits per heavy atom. The highest BCUT2D eigenvalue weighted by atomic mass is 79.9. The molecule has 0 unspecified atom stereocenters. The topological polar surface area (TPSA) is 104 Å². The van der Waals surface area contributed by atoms with Crippen molar-refractivity contribution in [3.63, 3.8) is 0 Å². The van der Waals surface area contributed by atoms with E-state index in [9.17, 15) is 10.1 Å². The van der Waals surface area contributed by atoms with Crippen LogP contribution in [0.4, 0.5) is 10.8 Å². The summed E-state index contributed by atoms with van der Waals surface area (Å²) in [4.78, 5) is 10.5. The van der Waals surface area contributed by atoms with E-state index < -0.39 is 4.92 Å². The molecular formula is C10H9BrN4O3S. The maximum absolute atomic E-state index is 11.0. The molecule has 0 aliphatic heterocycles. The van der Waals surface area contributed by atoms with E-state index in [1.54, 1.807) is 13.0 Å². The van der Waals surface area contributed by atoms with Crippen LogP contribution >= 0.6 is 27.3 Å². The molecular weight excluding hydrogens is 336 g/mol. The van der Waals surface area contributed by atoms with Crippen molar-refractivity contribution in [1.29, 1.82) is 0 Å². The van der Waals surface area contributed by atoms with Crippen LogP contribution in [0.25, 0.3) is 0 Å². The molecule has 0 aliphatic rings. The number of nitrogen functional groups attached to an aromatic ring is 1. The highest BCUT2D eigenvalue weighted by Gasteiger charge is 2.19. The highest BCUT2D eigenvalue weighted by molar-refractivity contribution is 9.10. The van der Waals surface area contributed by atoms with Crippen molar-refractivity contribution in [3.8, 4) is 5.75 Å². The summed E-state index contributed by atoms with van der Waals surface area (Å²) in [6.45, 7) is 1.83. The van der Waals surface area contributed by atoms with Crippen molar-refractivity contribution in [2.24, 2.45) is 0 Å². The van der Waals surface area contributed by atoms with Crippen LogP contribution in [0.15, 0.2) is 16.6 Å². The van der Waals surface area contributed by atoms with E-state index in [0.29, 0.717) is 20.2 Å². The van der Waals surface area contributed by atoms with Crippen molar-refractivity contribution >= 4 is 38.1 Å². The van der Waals surface area contributed by atoms with Crippen LogP contribution in [0.5, 0.6) is 5.75 Å². The third-order valence-corrected chi connectivity index (χ3v) is 3.42. The number of aromatic nitrogens is 2. The van der Waals surface area contributed by atoms with Crippen molar-refractivity contribution in [2.45, 2.75) is 13.5 Å². The first kappa shape index (κ1) is 13.7. The van der Waals surface area contributed by atoms with Crippen LogP contribution in [-0.4, -0.2) is 15.1 Å². The number of aryl methyl sites for hydroxylation is 1. The number of rotatable bonds is 4. The molecule has 9 heteroatoms. The van der Waals surface area contributed by atoms with Gasteiger partial charge >= 0.3 is 5.69 Å². The van der Waals surface area contributed by atoms with Gasteiger partial charge in [-0.2, -0.15) is 0 Å². The average molecular weight is 345 g/mol. The van der Waals surface area contributed by atoms with Crippen molar-refractivity contribution in [2.75, 3.05) is 5.73 Å². The molecule has 19 heavy (non-hydrogen) atoms. The molecule has 0 saturated heterocycles. The zero-order chi connectivity index (χ0) is 14.0. The molecule has 2 N–H and O–H groups in total. The van der Waals surface area contributed by atoms with E-state index >= 15 is 0 Å². The van der Waals surface area contributed by atoms with Gasteiger partial charge in [0, 0.05) is 10.5 Å². The van der Waals surface area contributed by atoms with Crippen LogP contribution < -0.4 is 10.5 Å². The number of anilines is 1. The van der Waals surface area contributed by atoms with E-state index in [2.05, 4.69) is 26.1 Å². The fourth-order valence-electron chi connectivity index (χ4n) is 1.49. The smallest absolute Gasteiger partial charge is 0.312 e. The SMILES string of the molecule is Cc1cc(Br)cc([N+](=O)[O-])c1OCc1nnc(N)s1. The number of halogens is 1. The Kier molecular flexibility index (Phi) is 3.96. The van der Waals surface area contributed by atoms with Crippen LogP contribution in [0.2, 0.25) is 0 Å². The minimum absolute atomic E-state index is 0.0932. The average Bonchev–Trinajstić information content (AvgIpc) is 2.73. The standard InChI is InChI=1S/C10H9BrN4O3S/c1-5-2-6(11)3-7(15(16)17)9(5)18-4-8-13-14-10(12)19-8/h2-3H,4H2,1H3,(H2,12,14). The first-order valence-corrected chi connectivity index (χ1v) is 6.73. The quantitative estimate of drug-likeness (QED) is 0.675. The Morgan fingerprint density at radius 1 is 1.53 bits per heavy atom. The molecule has 1 aromatic carbocycles. The van der Waals surface area contributed by atoms with Gasteiger partial charge in [0.1, 0.15) is 6.61 Å². The number of nitrogens with zero attached hydrogens (tertiary/aromatic N) is 3. The van der Waals surface area contributed by atoms with Crippen LogP contribution in [-0.2, 0) is 6.61 Å². The lowest BCUT2D eigenvalue weighted by Gasteiger charge is -2.08. The number of nitro benzene ring substituents is 1. The zero-order valence-electron chi connectivity index (χ0n) is 9.79. The maximum atomic E-state index is 11.0. The predicted octanol–water partition coefficient (Wildman–Crippen LogP) is 2.68.